The van der Waals surface area contributed by atoms with Crippen molar-refractivity contribution in [2.24, 2.45) is 4.99 Å². The summed E-state index contributed by atoms with van der Waals surface area (Å²) in [6.45, 7) is 7.36. The molecule has 1 spiro atoms. The van der Waals surface area contributed by atoms with E-state index in [0.29, 0.717) is 24.2 Å². The van der Waals surface area contributed by atoms with Crippen LogP contribution in [0.1, 0.15) is 40.5 Å². The zero-order valence-electron chi connectivity index (χ0n) is 17.9. The predicted octanol–water partition coefficient (Wildman–Crippen LogP) is 3.16. The molecule has 168 valence electrons. The molecule has 0 aliphatic carbocycles. The molecule has 31 heavy (non-hydrogen) atoms. The van der Waals surface area contributed by atoms with Crippen LogP contribution in [0.15, 0.2) is 29.3 Å². The van der Waals surface area contributed by atoms with Gasteiger partial charge in [0.1, 0.15) is 23.7 Å². The van der Waals surface area contributed by atoms with Gasteiger partial charge in [0.15, 0.2) is 30.3 Å². The van der Waals surface area contributed by atoms with Crippen molar-refractivity contribution >= 4 is 11.4 Å². The molecule has 0 N–H and O–H groups in total. The smallest absolute Gasteiger partial charge is 0.214 e. The van der Waals surface area contributed by atoms with Gasteiger partial charge in [0.2, 0.25) is 5.79 Å². The second kappa shape index (κ2) is 6.54. The summed E-state index contributed by atoms with van der Waals surface area (Å²) in [6.07, 6.45) is -1.39. The summed E-state index contributed by atoms with van der Waals surface area (Å²) in [5.41, 5.74) is 1.16. The third-order valence-electron chi connectivity index (χ3n) is 6.27. The van der Waals surface area contributed by atoms with Gasteiger partial charge in [0.25, 0.3) is 0 Å². The summed E-state index contributed by atoms with van der Waals surface area (Å²) in [6, 6.07) is 5.96. The molecular weight excluding hydrogens is 409 g/mol. The van der Waals surface area contributed by atoms with Gasteiger partial charge in [0.05, 0.1) is 11.8 Å². The molecule has 1 aromatic rings. The molecule has 0 saturated carbocycles. The van der Waals surface area contributed by atoms with Crippen LogP contribution >= 0.6 is 0 Å². The highest BCUT2D eigenvalue weighted by molar-refractivity contribution is 5.99. The van der Waals surface area contributed by atoms with E-state index in [1.54, 1.807) is 12.1 Å². The first kappa shape index (κ1) is 20.2. The van der Waals surface area contributed by atoms with Gasteiger partial charge in [0, 0.05) is 6.42 Å². The van der Waals surface area contributed by atoms with Crippen LogP contribution in [-0.4, -0.2) is 60.1 Å². The number of hydrogen-bond acceptors (Lipinski definition) is 8. The summed E-state index contributed by atoms with van der Waals surface area (Å²) in [5, 5.41) is 0. The van der Waals surface area contributed by atoms with E-state index in [-0.39, 0.29) is 24.1 Å². The van der Waals surface area contributed by atoms with E-state index in [9.17, 15) is 4.39 Å². The first-order valence-corrected chi connectivity index (χ1v) is 10.7. The molecule has 5 aliphatic heterocycles. The van der Waals surface area contributed by atoms with Gasteiger partial charge in [-0.25, -0.2) is 9.38 Å². The fraction of sp³-hybridized carbons (Fsp3) is 0.682. The normalized spacial score (nSPS) is 45.8. The lowest BCUT2D eigenvalue weighted by molar-refractivity contribution is -0.315. The Hall–Kier alpha value is -1.46. The van der Waals surface area contributed by atoms with Crippen LogP contribution in [0.25, 0.3) is 0 Å². The van der Waals surface area contributed by atoms with Gasteiger partial charge < -0.3 is 33.2 Å². The molecule has 8 nitrogen and oxygen atoms in total. The van der Waals surface area contributed by atoms with Crippen LogP contribution in [0, 0.1) is 5.82 Å². The Kier molecular flexibility index (Phi) is 4.25. The number of aliphatic imine (C=N–C) groups is 1. The zero-order valence-corrected chi connectivity index (χ0v) is 17.9. The minimum atomic E-state index is -1.14. The fourth-order valence-corrected chi connectivity index (χ4v) is 5.08. The van der Waals surface area contributed by atoms with E-state index >= 15 is 0 Å². The second-order valence-corrected chi connectivity index (χ2v) is 9.53. The maximum atomic E-state index is 13.4. The van der Waals surface area contributed by atoms with Crippen LogP contribution in [0.5, 0.6) is 0 Å². The number of ether oxygens (including phenoxy) is 7. The molecule has 0 bridgehead atoms. The predicted molar refractivity (Wildman–Crippen MR) is 104 cm³/mol. The van der Waals surface area contributed by atoms with Gasteiger partial charge in [-0.1, -0.05) is 0 Å². The Balaban J connectivity index is 1.35. The first-order valence-electron chi connectivity index (χ1n) is 10.7. The average molecular weight is 435 g/mol. The van der Waals surface area contributed by atoms with Crippen molar-refractivity contribution in [3.8, 4) is 0 Å². The van der Waals surface area contributed by atoms with E-state index in [1.165, 1.54) is 12.1 Å². The van der Waals surface area contributed by atoms with Gasteiger partial charge in [-0.05, 0) is 58.4 Å². The van der Waals surface area contributed by atoms with Crippen molar-refractivity contribution in [2.45, 2.75) is 94.9 Å². The van der Waals surface area contributed by atoms with Crippen molar-refractivity contribution in [3.63, 3.8) is 0 Å². The van der Waals surface area contributed by atoms with Crippen LogP contribution in [0.3, 0.4) is 0 Å². The molecule has 5 saturated heterocycles. The Morgan fingerprint density at radius 2 is 1.55 bits per heavy atom. The zero-order chi connectivity index (χ0) is 21.6. The van der Waals surface area contributed by atoms with Crippen molar-refractivity contribution in [1.82, 2.24) is 0 Å². The van der Waals surface area contributed by atoms with Gasteiger partial charge in [-0.3, -0.25) is 0 Å². The summed E-state index contributed by atoms with van der Waals surface area (Å²) in [7, 11) is 0. The minimum absolute atomic E-state index is 0.161. The van der Waals surface area contributed by atoms with Crippen molar-refractivity contribution < 1.29 is 37.5 Å². The standard InChI is InChI=1S/C22H26FNO7/c1-20(2)26-15-14-13(25-18(15)29-20)9-10-22(28-14)17(24-12-7-5-11(23)6-8-12)16-19(31-22)30-21(3,4)27-16/h5-8,13-16,18-19H,9-10H2,1-4H3/t13-,14+,15+,16+,18+,19-,22-/m0/s1. The van der Waals surface area contributed by atoms with Crippen LogP contribution in [-0.2, 0) is 33.2 Å². The van der Waals surface area contributed by atoms with Crippen LogP contribution < -0.4 is 0 Å². The maximum Gasteiger partial charge on any atom is 0.214 e. The monoisotopic (exact) mass is 435 g/mol. The number of fused-ring (bicyclic) bond motifs is 4. The van der Waals surface area contributed by atoms with Gasteiger partial charge >= 0.3 is 0 Å². The molecule has 7 atom stereocenters. The molecule has 9 heteroatoms. The number of benzene rings is 1. The molecule has 5 fully saturated rings. The molecule has 0 aromatic heterocycles. The fourth-order valence-electron chi connectivity index (χ4n) is 5.08. The third kappa shape index (κ3) is 3.26. The Bertz CT molecular complexity index is 919. The molecule has 5 heterocycles. The molecule has 1 aromatic carbocycles. The number of hydrogen-bond donors (Lipinski definition) is 0. The van der Waals surface area contributed by atoms with E-state index < -0.39 is 36.0 Å². The lowest BCUT2D eigenvalue weighted by Gasteiger charge is -2.41. The quantitative estimate of drug-likeness (QED) is 0.671. The lowest BCUT2D eigenvalue weighted by atomic mass is 9.93. The van der Waals surface area contributed by atoms with E-state index in [4.69, 9.17) is 38.2 Å². The van der Waals surface area contributed by atoms with Crippen molar-refractivity contribution in [2.75, 3.05) is 0 Å². The second-order valence-electron chi connectivity index (χ2n) is 9.53. The Morgan fingerprint density at radius 3 is 2.32 bits per heavy atom. The van der Waals surface area contributed by atoms with Crippen molar-refractivity contribution in [3.05, 3.63) is 30.1 Å². The van der Waals surface area contributed by atoms with E-state index in [2.05, 4.69) is 0 Å². The van der Waals surface area contributed by atoms with Gasteiger partial charge in [-0.2, -0.15) is 0 Å². The maximum absolute atomic E-state index is 13.4. The topological polar surface area (TPSA) is 77.0 Å². The van der Waals surface area contributed by atoms with Crippen LogP contribution in [0.4, 0.5) is 10.1 Å². The van der Waals surface area contributed by atoms with E-state index in [1.807, 2.05) is 27.7 Å². The highest BCUT2D eigenvalue weighted by atomic mass is 19.1. The first-order chi connectivity index (χ1) is 14.6. The summed E-state index contributed by atoms with van der Waals surface area (Å²) >= 11 is 0. The molecule has 0 amide bonds. The number of rotatable bonds is 1. The highest BCUT2D eigenvalue weighted by Crippen LogP contribution is 2.50. The summed E-state index contributed by atoms with van der Waals surface area (Å²) < 4.78 is 56.4. The third-order valence-corrected chi connectivity index (χ3v) is 6.27. The Labute approximate surface area is 179 Å². The number of nitrogens with zero attached hydrogens (tertiary/aromatic N) is 1. The largest absolute Gasteiger partial charge is 0.344 e. The lowest BCUT2D eigenvalue weighted by Crippen LogP contribution is -2.54. The van der Waals surface area contributed by atoms with Gasteiger partial charge in [-0.15, -0.1) is 0 Å². The van der Waals surface area contributed by atoms with E-state index in [0.717, 1.165) is 0 Å². The average Bonchev–Trinajstić information content (AvgIpc) is 3.33. The SMILES string of the molecule is CC1(C)O[C@H]2O[C@H]3CC[C@@]4(O[C@@H]5OC(C)(C)O[C@@H]5C4=Nc4ccc(F)cc4)O[C@H]3[C@H]2O1. The molecule has 6 rings (SSSR count). The Morgan fingerprint density at radius 1 is 0.839 bits per heavy atom. The molecular formula is C22H26FNO7. The molecule has 0 unspecified atom stereocenters. The molecule has 0 radical (unpaired) electrons. The van der Waals surface area contributed by atoms with Crippen molar-refractivity contribution in [1.29, 1.82) is 0 Å². The highest BCUT2D eigenvalue weighted by Gasteiger charge is 2.66. The minimum Gasteiger partial charge on any atom is -0.344 e. The summed E-state index contributed by atoms with van der Waals surface area (Å²) in [4.78, 5) is 4.79. The number of halogens is 1. The summed E-state index contributed by atoms with van der Waals surface area (Å²) in [5.74, 6) is -3.03. The molecule has 5 aliphatic rings. The van der Waals surface area contributed by atoms with Crippen LogP contribution in [0.2, 0.25) is 0 Å².